The zero-order chi connectivity index (χ0) is 15.3. The first kappa shape index (κ1) is 16.4. The fourth-order valence-corrected chi connectivity index (χ4v) is 2.41. The minimum absolute atomic E-state index is 0.0235. The van der Waals surface area contributed by atoms with Crippen LogP contribution in [0.3, 0.4) is 0 Å². The van der Waals surface area contributed by atoms with Crippen LogP contribution in [-0.4, -0.2) is 34.4 Å². The van der Waals surface area contributed by atoms with Gasteiger partial charge in [-0.1, -0.05) is 13.3 Å². The number of ketones is 1. The average Bonchev–Trinajstić information content (AvgIpc) is 2.67. The second kappa shape index (κ2) is 7.24. The van der Waals surface area contributed by atoms with Crippen molar-refractivity contribution >= 4 is 11.7 Å². The molecule has 1 amide bonds. The Bertz CT molecular complexity index is 492. The molecule has 0 aliphatic heterocycles. The van der Waals surface area contributed by atoms with Gasteiger partial charge >= 0.3 is 0 Å². The molecule has 0 aliphatic rings. The van der Waals surface area contributed by atoms with Crippen molar-refractivity contribution in [2.24, 2.45) is 0 Å². The van der Waals surface area contributed by atoms with Crippen LogP contribution in [0.25, 0.3) is 0 Å². The van der Waals surface area contributed by atoms with Crippen molar-refractivity contribution in [3.8, 4) is 0 Å². The van der Waals surface area contributed by atoms with E-state index in [4.69, 9.17) is 5.11 Å². The number of hydrogen-bond donors (Lipinski definition) is 3. The van der Waals surface area contributed by atoms with Crippen LogP contribution in [0.4, 0.5) is 0 Å². The standard InChI is InChI=1S/C15H24N2O3/c1-5-6-12-13(11(4)19)10(3)17-14(12)15(20)16-9(2)7-8-18/h9,17-18H,5-8H2,1-4H3,(H,16,20). The molecule has 5 heteroatoms. The number of hydrogen-bond acceptors (Lipinski definition) is 3. The van der Waals surface area contributed by atoms with E-state index in [2.05, 4.69) is 10.3 Å². The molecule has 1 aromatic heterocycles. The van der Waals surface area contributed by atoms with Crippen LogP contribution < -0.4 is 5.32 Å². The van der Waals surface area contributed by atoms with Crippen LogP contribution in [-0.2, 0) is 6.42 Å². The number of Topliss-reactive ketones (excluding diaryl/α,β-unsaturated/α-hetero) is 1. The summed E-state index contributed by atoms with van der Waals surface area (Å²) in [6.45, 7) is 7.22. The van der Waals surface area contributed by atoms with Crippen molar-refractivity contribution in [3.05, 3.63) is 22.5 Å². The van der Waals surface area contributed by atoms with Gasteiger partial charge in [0.25, 0.3) is 5.91 Å². The van der Waals surface area contributed by atoms with Gasteiger partial charge in [0.1, 0.15) is 5.69 Å². The molecule has 1 rings (SSSR count). The Kier molecular flexibility index (Phi) is 5.95. The third kappa shape index (κ3) is 3.70. The number of carbonyl (C=O) groups excluding carboxylic acids is 2. The monoisotopic (exact) mass is 280 g/mol. The highest BCUT2D eigenvalue weighted by Gasteiger charge is 2.22. The number of aliphatic hydroxyl groups excluding tert-OH is 1. The molecule has 0 saturated heterocycles. The number of amides is 1. The molecule has 1 heterocycles. The van der Waals surface area contributed by atoms with Gasteiger partial charge in [0.15, 0.2) is 5.78 Å². The summed E-state index contributed by atoms with van der Waals surface area (Å²) in [6.07, 6.45) is 2.06. The first-order chi connectivity index (χ1) is 9.42. The van der Waals surface area contributed by atoms with E-state index in [-0.39, 0.29) is 24.3 Å². The van der Waals surface area contributed by atoms with E-state index in [0.717, 1.165) is 17.7 Å². The number of aliphatic hydroxyl groups is 1. The van der Waals surface area contributed by atoms with E-state index in [1.807, 2.05) is 20.8 Å². The van der Waals surface area contributed by atoms with Crippen molar-refractivity contribution in [1.29, 1.82) is 0 Å². The van der Waals surface area contributed by atoms with E-state index in [0.29, 0.717) is 24.1 Å². The SMILES string of the molecule is CCCc1c(C(=O)NC(C)CCO)[nH]c(C)c1C(C)=O. The highest BCUT2D eigenvalue weighted by molar-refractivity contribution is 6.02. The molecule has 1 atom stereocenters. The molecular weight excluding hydrogens is 256 g/mol. The van der Waals surface area contributed by atoms with Gasteiger partial charge in [0.2, 0.25) is 0 Å². The molecular formula is C15H24N2O3. The number of aromatic nitrogens is 1. The number of aryl methyl sites for hydroxylation is 1. The van der Waals surface area contributed by atoms with E-state index in [9.17, 15) is 9.59 Å². The largest absolute Gasteiger partial charge is 0.396 e. The molecule has 0 spiro atoms. The number of rotatable bonds is 7. The van der Waals surface area contributed by atoms with Gasteiger partial charge < -0.3 is 15.4 Å². The van der Waals surface area contributed by atoms with Crippen molar-refractivity contribution in [2.45, 2.75) is 53.0 Å². The fraction of sp³-hybridized carbons (Fsp3) is 0.600. The van der Waals surface area contributed by atoms with Gasteiger partial charge in [-0.05, 0) is 39.2 Å². The maximum absolute atomic E-state index is 12.3. The average molecular weight is 280 g/mol. The molecule has 3 N–H and O–H groups in total. The normalized spacial score (nSPS) is 12.2. The van der Waals surface area contributed by atoms with Gasteiger partial charge in [0, 0.05) is 23.9 Å². The summed E-state index contributed by atoms with van der Waals surface area (Å²) >= 11 is 0. The van der Waals surface area contributed by atoms with Gasteiger partial charge in [-0.25, -0.2) is 0 Å². The third-order valence-electron chi connectivity index (χ3n) is 3.31. The Hall–Kier alpha value is -1.62. The first-order valence-electron chi connectivity index (χ1n) is 7.06. The molecule has 5 nitrogen and oxygen atoms in total. The number of nitrogens with one attached hydrogen (secondary N) is 2. The summed E-state index contributed by atoms with van der Waals surface area (Å²) < 4.78 is 0. The summed E-state index contributed by atoms with van der Waals surface area (Å²) in [5.74, 6) is -0.241. The predicted octanol–water partition coefficient (Wildman–Crippen LogP) is 1.98. The topological polar surface area (TPSA) is 82.2 Å². The number of H-pyrrole nitrogens is 1. The highest BCUT2D eigenvalue weighted by atomic mass is 16.3. The summed E-state index contributed by atoms with van der Waals surface area (Å²) in [5, 5.41) is 11.7. The highest BCUT2D eigenvalue weighted by Crippen LogP contribution is 2.21. The van der Waals surface area contributed by atoms with Gasteiger partial charge in [-0.2, -0.15) is 0 Å². The molecule has 0 bridgehead atoms. The zero-order valence-electron chi connectivity index (χ0n) is 12.7. The lowest BCUT2D eigenvalue weighted by atomic mass is 10.0. The van der Waals surface area contributed by atoms with Crippen LogP contribution in [0.1, 0.15) is 65.7 Å². The molecule has 0 fully saturated rings. The van der Waals surface area contributed by atoms with E-state index in [1.54, 1.807) is 0 Å². The first-order valence-corrected chi connectivity index (χ1v) is 7.06. The summed E-state index contributed by atoms with van der Waals surface area (Å²) in [5.41, 5.74) is 2.64. The Morgan fingerprint density at radius 3 is 2.55 bits per heavy atom. The van der Waals surface area contributed by atoms with Crippen LogP contribution in [0.15, 0.2) is 0 Å². The lowest BCUT2D eigenvalue weighted by molar-refractivity contribution is 0.0928. The maximum Gasteiger partial charge on any atom is 0.268 e. The summed E-state index contributed by atoms with van der Waals surface area (Å²) in [4.78, 5) is 27.0. The summed E-state index contributed by atoms with van der Waals surface area (Å²) in [6, 6.07) is -0.105. The lowest BCUT2D eigenvalue weighted by Crippen LogP contribution is -2.34. The third-order valence-corrected chi connectivity index (χ3v) is 3.31. The Labute approximate surface area is 119 Å². The van der Waals surface area contributed by atoms with Gasteiger partial charge in [-0.15, -0.1) is 0 Å². The van der Waals surface area contributed by atoms with Crippen molar-refractivity contribution in [2.75, 3.05) is 6.61 Å². The molecule has 0 radical (unpaired) electrons. The quantitative estimate of drug-likeness (QED) is 0.668. The Morgan fingerprint density at radius 2 is 2.05 bits per heavy atom. The molecule has 1 unspecified atom stereocenters. The maximum atomic E-state index is 12.3. The van der Waals surface area contributed by atoms with E-state index < -0.39 is 0 Å². The second-order valence-corrected chi connectivity index (χ2v) is 5.17. The Balaban J connectivity index is 3.08. The zero-order valence-corrected chi connectivity index (χ0v) is 12.7. The van der Waals surface area contributed by atoms with E-state index in [1.165, 1.54) is 6.92 Å². The Morgan fingerprint density at radius 1 is 1.40 bits per heavy atom. The molecule has 1 aromatic rings. The van der Waals surface area contributed by atoms with Crippen molar-refractivity contribution < 1.29 is 14.7 Å². The van der Waals surface area contributed by atoms with Crippen LogP contribution >= 0.6 is 0 Å². The second-order valence-electron chi connectivity index (χ2n) is 5.17. The van der Waals surface area contributed by atoms with Crippen LogP contribution in [0, 0.1) is 6.92 Å². The number of aromatic amines is 1. The number of carbonyl (C=O) groups is 2. The minimum Gasteiger partial charge on any atom is -0.396 e. The van der Waals surface area contributed by atoms with Crippen LogP contribution in [0.5, 0.6) is 0 Å². The minimum atomic E-state index is -0.218. The lowest BCUT2D eigenvalue weighted by Gasteiger charge is -2.12. The smallest absolute Gasteiger partial charge is 0.268 e. The van der Waals surface area contributed by atoms with E-state index >= 15 is 0 Å². The molecule has 20 heavy (non-hydrogen) atoms. The van der Waals surface area contributed by atoms with Crippen LogP contribution in [0.2, 0.25) is 0 Å². The summed E-state index contributed by atoms with van der Waals surface area (Å²) in [7, 11) is 0. The van der Waals surface area contributed by atoms with Crippen molar-refractivity contribution in [1.82, 2.24) is 10.3 Å². The molecule has 0 aromatic carbocycles. The molecule has 0 aliphatic carbocycles. The predicted molar refractivity (Wildman–Crippen MR) is 78.2 cm³/mol. The fourth-order valence-electron chi connectivity index (χ4n) is 2.41. The molecule has 0 saturated carbocycles. The van der Waals surface area contributed by atoms with Gasteiger partial charge in [-0.3, -0.25) is 9.59 Å². The molecule has 112 valence electrons. The van der Waals surface area contributed by atoms with Crippen molar-refractivity contribution in [3.63, 3.8) is 0 Å². The van der Waals surface area contributed by atoms with Gasteiger partial charge in [0.05, 0.1) is 0 Å².